The zero-order valence-corrected chi connectivity index (χ0v) is 24.8. The molecule has 0 radical (unpaired) electrons. The van der Waals surface area contributed by atoms with Gasteiger partial charge in [0.1, 0.15) is 47.4 Å². The highest BCUT2D eigenvalue weighted by Crippen LogP contribution is 2.54. The molecule has 6 atom stereocenters. The third kappa shape index (κ3) is 5.25. The van der Waals surface area contributed by atoms with Gasteiger partial charge in [0, 0.05) is 28.8 Å². The van der Waals surface area contributed by atoms with Crippen LogP contribution in [0.2, 0.25) is 0 Å². The normalized spacial score (nSPS) is 25.1. The lowest BCUT2D eigenvalue weighted by molar-refractivity contribution is -0.293. The second-order valence-corrected chi connectivity index (χ2v) is 10.7. The van der Waals surface area contributed by atoms with Crippen molar-refractivity contribution in [2.45, 2.75) is 36.8 Å². The van der Waals surface area contributed by atoms with Crippen molar-refractivity contribution in [3.63, 3.8) is 0 Å². The number of methoxy groups -OCH3 is 3. The maximum Gasteiger partial charge on any atom is 0.228 e. The van der Waals surface area contributed by atoms with E-state index in [-0.39, 0.29) is 57.5 Å². The number of phenolic OH excluding ortho intramolecular Hbond substituents is 3. The Morgan fingerprint density at radius 3 is 2.11 bits per heavy atom. The molecular formula is C32H32O14. The van der Waals surface area contributed by atoms with Crippen LogP contribution >= 0.6 is 0 Å². The minimum Gasteiger partial charge on any atom is -0.508 e. The molecule has 1 fully saturated rings. The SMILES string of the molecule is COc1cc(C2=CC3=C(O[C@@H]4O[C@H](CO)[C@@H](O)[C@H](O)[C@H]4O)C(c4cc(OC)c(O)c(OC)c4)Oc4cc(O)cc(c43)O2)ccc1O. The summed E-state index contributed by atoms with van der Waals surface area (Å²) in [6.45, 7) is -0.685. The number of aliphatic hydroxyl groups is 4. The van der Waals surface area contributed by atoms with E-state index in [9.17, 15) is 35.7 Å². The van der Waals surface area contributed by atoms with E-state index < -0.39 is 43.4 Å². The first-order valence-corrected chi connectivity index (χ1v) is 14.1. The Morgan fingerprint density at radius 2 is 1.46 bits per heavy atom. The fraction of sp³-hybridized carbons (Fsp3) is 0.312. The summed E-state index contributed by atoms with van der Waals surface area (Å²) in [7, 11) is 4.10. The lowest BCUT2D eigenvalue weighted by Crippen LogP contribution is -2.59. The van der Waals surface area contributed by atoms with E-state index in [1.54, 1.807) is 18.2 Å². The number of aliphatic hydroxyl groups excluding tert-OH is 4. The molecule has 46 heavy (non-hydrogen) atoms. The maximum atomic E-state index is 10.9. The second-order valence-electron chi connectivity index (χ2n) is 10.7. The molecule has 3 aromatic rings. The minimum atomic E-state index is -1.76. The van der Waals surface area contributed by atoms with E-state index in [1.165, 1.54) is 51.7 Å². The smallest absolute Gasteiger partial charge is 0.228 e. The fourth-order valence-corrected chi connectivity index (χ4v) is 5.56. The Hall–Kier alpha value is -4.86. The van der Waals surface area contributed by atoms with Gasteiger partial charge in [-0.15, -0.1) is 0 Å². The summed E-state index contributed by atoms with van der Waals surface area (Å²) in [5, 5.41) is 72.9. The predicted molar refractivity (Wildman–Crippen MR) is 158 cm³/mol. The number of benzene rings is 3. The van der Waals surface area contributed by atoms with Gasteiger partial charge >= 0.3 is 0 Å². The van der Waals surface area contributed by atoms with Crippen LogP contribution < -0.4 is 23.7 Å². The lowest BCUT2D eigenvalue weighted by Gasteiger charge is -2.42. The summed E-state index contributed by atoms with van der Waals surface area (Å²) in [5.74, 6) is 0.302. The molecule has 14 nitrogen and oxygen atoms in total. The molecule has 3 heterocycles. The van der Waals surface area contributed by atoms with Gasteiger partial charge in [-0.05, 0) is 36.4 Å². The van der Waals surface area contributed by atoms with Crippen molar-refractivity contribution >= 4 is 11.3 Å². The van der Waals surface area contributed by atoms with Gasteiger partial charge in [0.05, 0.1) is 33.5 Å². The number of ether oxygens (including phenoxy) is 7. The Balaban J connectivity index is 1.59. The standard InChI is InChI=1S/C32H32O14/c1-40-19-6-13(4-5-17(19)35)18-11-16-25-20(43-18)9-15(34)10-21(25)44-30(14-7-22(41-2)26(36)23(8-14)42-3)31(16)46-32-29(39)28(38)27(37)24(12-33)45-32/h4-11,24,27-30,32-39H,12H2,1-3H3/t24-,27-,28+,29-,30?,32+/m1/s1. The van der Waals surface area contributed by atoms with E-state index in [0.717, 1.165) is 0 Å². The van der Waals surface area contributed by atoms with E-state index in [0.29, 0.717) is 22.3 Å². The van der Waals surface area contributed by atoms with Gasteiger partial charge in [-0.3, -0.25) is 0 Å². The van der Waals surface area contributed by atoms with Crippen LogP contribution in [0, 0.1) is 0 Å². The topological polar surface area (TPSA) is 206 Å². The molecule has 0 amide bonds. The highest BCUT2D eigenvalue weighted by molar-refractivity contribution is 5.93. The predicted octanol–water partition coefficient (Wildman–Crippen LogP) is 1.92. The number of allylic oxidation sites excluding steroid dienone is 2. The van der Waals surface area contributed by atoms with Crippen LogP contribution in [0.1, 0.15) is 22.8 Å². The number of hydrogen-bond donors (Lipinski definition) is 7. The molecule has 0 bridgehead atoms. The molecule has 3 aliphatic rings. The molecule has 3 aromatic carbocycles. The number of hydrogen-bond acceptors (Lipinski definition) is 14. The van der Waals surface area contributed by atoms with Crippen LogP contribution in [0.25, 0.3) is 11.3 Å². The summed E-state index contributed by atoms with van der Waals surface area (Å²) >= 11 is 0. The van der Waals surface area contributed by atoms with E-state index >= 15 is 0 Å². The third-order valence-electron chi connectivity index (χ3n) is 7.92. The number of aromatic hydroxyl groups is 3. The zero-order chi connectivity index (χ0) is 32.9. The maximum absolute atomic E-state index is 10.9. The van der Waals surface area contributed by atoms with Gasteiger partial charge in [0.2, 0.25) is 12.0 Å². The zero-order valence-electron chi connectivity index (χ0n) is 24.8. The highest BCUT2D eigenvalue weighted by Gasteiger charge is 2.47. The summed E-state index contributed by atoms with van der Waals surface area (Å²) < 4.78 is 40.5. The summed E-state index contributed by atoms with van der Waals surface area (Å²) in [6.07, 6.45) is -7.58. The first kappa shape index (κ1) is 31.1. The van der Waals surface area contributed by atoms with Gasteiger partial charge in [-0.2, -0.15) is 0 Å². The molecule has 14 heteroatoms. The molecule has 1 unspecified atom stereocenters. The van der Waals surface area contributed by atoms with Crippen LogP contribution in [-0.2, 0) is 9.47 Å². The largest absolute Gasteiger partial charge is 0.508 e. The number of phenols is 3. The van der Waals surface area contributed by atoms with E-state index in [4.69, 9.17) is 33.2 Å². The molecule has 0 spiro atoms. The van der Waals surface area contributed by atoms with Gasteiger partial charge in [0.25, 0.3) is 0 Å². The van der Waals surface area contributed by atoms with Crippen molar-refractivity contribution in [2.75, 3.05) is 27.9 Å². The molecule has 0 saturated carbocycles. The Morgan fingerprint density at radius 1 is 0.783 bits per heavy atom. The van der Waals surface area contributed by atoms with Gasteiger partial charge < -0.3 is 68.9 Å². The Labute approximate surface area is 262 Å². The van der Waals surface area contributed by atoms with Gasteiger partial charge in [0.15, 0.2) is 34.9 Å². The average Bonchev–Trinajstić information content (AvgIpc) is 3.05. The highest BCUT2D eigenvalue weighted by atomic mass is 16.7. The van der Waals surface area contributed by atoms with E-state index in [1.807, 2.05) is 0 Å². The van der Waals surface area contributed by atoms with Crippen molar-refractivity contribution in [3.05, 3.63) is 71.0 Å². The van der Waals surface area contributed by atoms with Gasteiger partial charge in [-0.1, -0.05) is 0 Å². The molecule has 3 aliphatic heterocycles. The Bertz CT molecular complexity index is 1690. The van der Waals surface area contributed by atoms with Crippen LogP contribution in [0.5, 0.6) is 46.0 Å². The minimum absolute atomic E-state index is 0.0186. The van der Waals surface area contributed by atoms with Crippen molar-refractivity contribution in [1.29, 1.82) is 0 Å². The van der Waals surface area contributed by atoms with Crippen molar-refractivity contribution in [2.24, 2.45) is 0 Å². The molecule has 7 N–H and O–H groups in total. The van der Waals surface area contributed by atoms with Crippen LogP contribution in [0.4, 0.5) is 0 Å². The van der Waals surface area contributed by atoms with Crippen molar-refractivity contribution in [3.8, 4) is 46.0 Å². The van der Waals surface area contributed by atoms with Crippen LogP contribution in [-0.4, -0.2) is 94.4 Å². The quantitative estimate of drug-likeness (QED) is 0.188. The lowest BCUT2D eigenvalue weighted by atomic mass is 9.91. The molecule has 0 aliphatic carbocycles. The third-order valence-corrected chi connectivity index (χ3v) is 7.92. The van der Waals surface area contributed by atoms with Gasteiger partial charge in [-0.25, -0.2) is 0 Å². The summed E-state index contributed by atoms with van der Waals surface area (Å²) in [5.41, 5.74) is 1.51. The fourth-order valence-electron chi connectivity index (χ4n) is 5.56. The molecular weight excluding hydrogens is 608 g/mol. The van der Waals surface area contributed by atoms with Crippen molar-refractivity contribution < 1.29 is 68.9 Å². The molecule has 1 saturated heterocycles. The van der Waals surface area contributed by atoms with E-state index in [2.05, 4.69) is 0 Å². The first-order chi connectivity index (χ1) is 22.1. The summed E-state index contributed by atoms with van der Waals surface area (Å²) in [6, 6.07) is 10.2. The van der Waals surface area contributed by atoms with Crippen LogP contribution in [0.3, 0.4) is 0 Å². The molecule has 244 valence electrons. The Kier molecular flexibility index (Phi) is 8.22. The average molecular weight is 641 g/mol. The number of rotatable bonds is 8. The second kappa shape index (κ2) is 12.2. The van der Waals surface area contributed by atoms with Crippen molar-refractivity contribution in [1.82, 2.24) is 0 Å². The first-order valence-electron chi connectivity index (χ1n) is 14.1. The summed E-state index contributed by atoms with van der Waals surface area (Å²) in [4.78, 5) is 0. The molecule has 0 aromatic heterocycles. The van der Waals surface area contributed by atoms with Crippen LogP contribution in [0.15, 0.2) is 54.3 Å². The monoisotopic (exact) mass is 640 g/mol. The molecule has 6 rings (SSSR count).